The molecule has 0 bridgehead atoms. The molecule has 460 valence electrons. The highest BCUT2D eigenvalue weighted by molar-refractivity contribution is 6.26. The number of benzene rings is 15. The van der Waals surface area contributed by atoms with Crippen LogP contribution in [0.25, 0.3) is 204 Å². The van der Waals surface area contributed by atoms with E-state index in [1.807, 2.05) is 0 Å². The molecule has 15 aromatic carbocycles. The predicted molar refractivity (Wildman–Crippen MR) is 410 cm³/mol. The number of para-hydroxylation sites is 4. The molecule has 0 aliphatic rings. The molecule has 0 N–H and O–H groups in total. The topological polar surface area (TPSA) is 66.8 Å². The molecule has 0 radical (unpaired) electrons. The Kier molecular flexibility index (Phi) is 12.0. The molecule has 21 aromatic rings. The molecule has 0 aliphatic carbocycles. The fourth-order valence-corrected chi connectivity index (χ4v) is 15.8. The molecule has 6 heterocycles. The van der Waals surface area contributed by atoms with Crippen LogP contribution >= 0.6 is 0 Å². The van der Waals surface area contributed by atoms with E-state index >= 15 is 0 Å². The summed E-state index contributed by atoms with van der Waals surface area (Å²) in [4.78, 5) is 11.5. The molecule has 6 aromatic heterocycles. The lowest BCUT2D eigenvalue weighted by atomic mass is 9.95. The lowest BCUT2D eigenvalue weighted by Crippen LogP contribution is -2.04. The summed E-state index contributed by atoms with van der Waals surface area (Å²) in [6.45, 7) is 0. The van der Waals surface area contributed by atoms with Crippen molar-refractivity contribution in [1.82, 2.24) is 23.7 Å². The van der Waals surface area contributed by atoms with Gasteiger partial charge < -0.3 is 18.0 Å². The highest BCUT2D eigenvalue weighted by atomic mass is 16.3. The van der Waals surface area contributed by atoms with Gasteiger partial charge in [0.05, 0.1) is 44.5 Å². The summed E-state index contributed by atoms with van der Waals surface area (Å²) in [6, 6.07) is 120. The van der Waals surface area contributed by atoms with E-state index in [2.05, 4.69) is 347 Å². The second kappa shape index (κ2) is 21.6. The molecular formula is C92H55N5O2. The fraction of sp³-hybridized carbons (Fsp3) is 0. The van der Waals surface area contributed by atoms with E-state index in [-0.39, 0.29) is 0 Å². The van der Waals surface area contributed by atoms with Crippen molar-refractivity contribution in [2.24, 2.45) is 0 Å². The number of furan rings is 2. The Morgan fingerprint density at radius 2 is 0.626 bits per heavy atom. The van der Waals surface area contributed by atoms with Gasteiger partial charge in [0.2, 0.25) is 5.95 Å². The maximum atomic E-state index is 6.60. The van der Waals surface area contributed by atoms with Crippen molar-refractivity contribution in [3.05, 3.63) is 334 Å². The normalized spacial score (nSPS) is 12.0. The Hall–Kier alpha value is -13.4. The Labute approximate surface area is 567 Å². The summed E-state index contributed by atoms with van der Waals surface area (Å²) in [6.07, 6.45) is 0. The van der Waals surface area contributed by atoms with Crippen LogP contribution in [0.4, 0.5) is 0 Å². The van der Waals surface area contributed by atoms with Crippen LogP contribution in [0.1, 0.15) is 0 Å². The van der Waals surface area contributed by atoms with Gasteiger partial charge in [-0.25, -0.2) is 9.97 Å². The van der Waals surface area contributed by atoms with Gasteiger partial charge in [0.25, 0.3) is 0 Å². The van der Waals surface area contributed by atoms with E-state index in [0.29, 0.717) is 5.95 Å². The zero-order chi connectivity index (χ0) is 64.8. The molecule has 0 amide bonds. The highest BCUT2D eigenvalue weighted by Gasteiger charge is 2.25. The standard InChI is InChI=1S/C92H55N5O2/c1-4-18-56(19-5-1)60-35-42-86-75(50-60)77-52-62(37-44-88(77)98-86)66-47-67(63-38-45-89-78(53-63)76-51-61(36-43-87(76)99-89)57-20-6-2-7-21-57)49-69(48-66)96-83-31-17-14-28-73(83)90-85(96)41-39-72-70-26-12-16-30-82(70)97(91(72)90)92-93-79(64-33-32-58-22-10-11-23-59(58)46-64)55-80(94-92)65-34-40-84-74(54-65)71-27-13-15-29-81(71)95(84)68-24-8-3-9-25-68/h1-55H. The van der Waals surface area contributed by atoms with Crippen LogP contribution in [0.5, 0.6) is 0 Å². The second-order valence-corrected chi connectivity index (χ2v) is 26.0. The SMILES string of the molecule is c1ccc(-c2ccc3oc4ccc(-c5cc(-c6ccc7oc8ccc(-c9ccccc9)cc8c7c6)cc(-n6c7ccccc7c7c6ccc6c8ccccc8n(-c8nc(-c9ccc%10ccccc%10c9)cc(-c9ccc%10c(c9)c9ccccc9n%10-c9ccccc9)n8)c67)c5)cc4c3c2)cc1. The van der Waals surface area contributed by atoms with Crippen LogP contribution in [0.15, 0.2) is 342 Å². The van der Waals surface area contributed by atoms with Crippen molar-refractivity contribution in [1.29, 1.82) is 0 Å². The Bertz CT molecular complexity index is 6730. The molecule has 7 nitrogen and oxygen atoms in total. The van der Waals surface area contributed by atoms with Gasteiger partial charge in [-0.2, -0.15) is 0 Å². The zero-order valence-corrected chi connectivity index (χ0v) is 53.3. The van der Waals surface area contributed by atoms with Gasteiger partial charge >= 0.3 is 0 Å². The Morgan fingerprint density at radius 3 is 1.21 bits per heavy atom. The lowest BCUT2D eigenvalue weighted by Gasteiger charge is -2.15. The smallest absolute Gasteiger partial charge is 0.235 e. The van der Waals surface area contributed by atoms with E-state index in [1.54, 1.807) is 0 Å². The van der Waals surface area contributed by atoms with E-state index < -0.39 is 0 Å². The first-order valence-electron chi connectivity index (χ1n) is 33.7. The number of aromatic nitrogens is 5. The average molecular weight is 1260 g/mol. The molecule has 0 unspecified atom stereocenters. The van der Waals surface area contributed by atoms with Gasteiger partial charge in [-0.1, -0.05) is 206 Å². The summed E-state index contributed by atoms with van der Waals surface area (Å²) in [5.74, 6) is 0.582. The quantitative estimate of drug-likeness (QED) is 0.144. The largest absolute Gasteiger partial charge is 0.456 e. The number of hydrogen-bond donors (Lipinski definition) is 0. The van der Waals surface area contributed by atoms with Crippen molar-refractivity contribution < 1.29 is 8.83 Å². The highest BCUT2D eigenvalue weighted by Crippen LogP contribution is 2.46. The monoisotopic (exact) mass is 1260 g/mol. The number of hydrogen-bond acceptors (Lipinski definition) is 4. The van der Waals surface area contributed by atoms with E-state index in [0.717, 1.165) is 188 Å². The summed E-state index contributed by atoms with van der Waals surface area (Å²) >= 11 is 0. The van der Waals surface area contributed by atoms with Crippen LogP contribution < -0.4 is 0 Å². The summed E-state index contributed by atoms with van der Waals surface area (Å²) in [5, 5.41) is 13.4. The third kappa shape index (κ3) is 8.71. The molecule has 0 atom stereocenters. The summed E-state index contributed by atoms with van der Waals surface area (Å²) in [7, 11) is 0. The summed E-state index contributed by atoms with van der Waals surface area (Å²) < 4.78 is 20.4. The van der Waals surface area contributed by atoms with Gasteiger partial charge in [-0.3, -0.25) is 4.57 Å². The minimum atomic E-state index is 0.582. The molecule has 0 saturated heterocycles. The average Bonchev–Trinajstić information content (AvgIpc) is 1.54. The van der Waals surface area contributed by atoms with E-state index in [4.69, 9.17) is 18.8 Å². The molecule has 0 aliphatic heterocycles. The fourth-order valence-electron chi connectivity index (χ4n) is 15.8. The minimum Gasteiger partial charge on any atom is -0.456 e. The molecule has 0 spiro atoms. The summed E-state index contributed by atoms with van der Waals surface area (Å²) in [5.41, 5.74) is 24.5. The van der Waals surface area contributed by atoms with Crippen LogP contribution in [0, 0.1) is 0 Å². The van der Waals surface area contributed by atoms with Gasteiger partial charge in [0, 0.05) is 76.4 Å². The van der Waals surface area contributed by atoms with Crippen LogP contribution in [-0.2, 0) is 0 Å². The van der Waals surface area contributed by atoms with E-state index in [1.165, 1.54) is 10.8 Å². The molecule has 0 fully saturated rings. The first-order valence-corrected chi connectivity index (χ1v) is 33.7. The number of fused-ring (bicyclic) bond motifs is 17. The van der Waals surface area contributed by atoms with Gasteiger partial charge in [0.1, 0.15) is 22.3 Å². The van der Waals surface area contributed by atoms with Crippen molar-refractivity contribution >= 4 is 120 Å². The predicted octanol–water partition coefficient (Wildman–Crippen LogP) is 24.7. The molecular weight excluding hydrogens is 1210 g/mol. The first-order chi connectivity index (χ1) is 49.0. The molecule has 0 saturated carbocycles. The van der Waals surface area contributed by atoms with Crippen molar-refractivity contribution in [3.63, 3.8) is 0 Å². The van der Waals surface area contributed by atoms with Gasteiger partial charge in [-0.05, 0) is 183 Å². The minimum absolute atomic E-state index is 0.582. The first kappa shape index (κ1) is 55.0. The Balaban J connectivity index is 0.804. The van der Waals surface area contributed by atoms with E-state index in [9.17, 15) is 0 Å². The maximum absolute atomic E-state index is 6.60. The van der Waals surface area contributed by atoms with Crippen molar-refractivity contribution in [2.75, 3.05) is 0 Å². The van der Waals surface area contributed by atoms with Crippen LogP contribution in [-0.4, -0.2) is 23.7 Å². The lowest BCUT2D eigenvalue weighted by molar-refractivity contribution is 0.668. The van der Waals surface area contributed by atoms with Crippen molar-refractivity contribution in [3.8, 4) is 84.3 Å². The third-order valence-corrected chi connectivity index (χ3v) is 20.4. The zero-order valence-electron chi connectivity index (χ0n) is 53.3. The molecule has 99 heavy (non-hydrogen) atoms. The number of nitrogens with zero attached hydrogens (tertiary/aromatic N) is 5. The molecule has 21 rings (SSSR count). The van der Waals surface area contributed by atoms with Gasteiger partial charge in [0.15, 0.2) is 0 Å². The molecule has 7 heteroatoms. The van der Waals surface area contributed by atoms with Crippen LogP contribution in [0.2, 0.25) is 0 Å². The van der Waals surface area contributed by atoms with Gasteiger partial charge in [-0.15, -0.1) is 0 Å². The van der Waals surface area contributed by atoms with Crippen LogP contribution in [0.3, 0.4) is 0 Å². The number of rotatable bonds is 9. The second-order valence-electron chi connectivity index (χ2n) is 26.0. The van der Waals surface area contributed by atoms with Crippen molar-refractivity contribution in [2.45, 2.75) is 0 Å². The third-order valence-electron chi connectivity index (χ3n) is 20.4. The Morgan fingerprint density at radius 1 is 0.212 bits per heavy atom. The maximum Gasteiger partial charge on any atom is 0.235 e.